The van der Waals surface area contributed by atoms with Crippen molar-refractivity contribution in [3.8, 4) is 5.75 Å². The van der Waals surface area contributed by atoms with E-state index in [-0.39, 0.29) is 5.54 Å². The SMILES string of the molecule is CC(C)C1CCCC(N)(c2ccc3c(c2)CCO3)C1. The van der Waals surface area contributed by atoms with Crippen molar-refractivity contribution in [3.63, 3.8) is 0 Å². The van der Waals surface area contributed by atoms with E-state index in [1.165, 1.54) is 24.0 Å². The van der Waals surface area contributed by atoms with Crippen LogP contribution < -0.4 is 10.5 Å². The Bertz CT molecular complexity index is 468. The number of hydrogen-bond donors (Lipinski definition) is 1. The summed E-state index contributed by atoms with van der Waals surface area (Å²) in [4.78, 5) is 0. The van der Waals surface area contributed by atoms with E-state index in [0.29, 0.717) is 0 Å². The average molecular weight is 259 g/mol. The van der Waals surface area contributed by atoms with Gasteiger partial charge >= 0.3 is 0 Å². The Morgan fingerprint density at radius 2 is 2.21 bits per heavy atom. The van der Waals surface area contributed by atoms with Gasteiger partial charge in [0.1, 0.15) is 5.75 Å². The highest BCUT2D eigenvalue weighted by molar-refractivity contribution is 5.42. The summed E-state index contributed by atoms with van der Waals surface area (Å²) in [6.45, 7) is 5.48. The maximum absolute atomic E-state index is 6.76. The molecule has 0 spiro atoms. The monoisotopic (exact) mass is 259 g/mol. The molecule has 19 heavy (non-hydrogen) atoms. The van der Waals surface area contributed by atoms with Gasteiger partial charge in [-0.2, -0.15) is 0 Å². The predicted octanol–water partition coefficient (Wildman–Crippen LogP) is 3.62. The van der Waals surface area contributed by atoms with Crippen LogP contribution in [0.4, 0.5) is 0 Å². The average Bonchev–Trinajstić information content (AvgIpc) is 2.86. The quantitative estimate of drug-likeness (QED) is 0.880. The number of benzene rings is 1. The molecule has 2 heteroatoms. The van der Waals surface area contributed by atoms with Crippen molar-refractivity contribution in [3.05, 3.63) is 29.3 Å². The first-order valence-corrected chi connectivity index (χ1v) is 7.63. The van der Waals surface area contributed by atoms with E-state index in [2.05, 4.69) is 32.0 Å². The van der Waals surface area contributed by atoms with Crippen LogP contribution in [-0.4, -0.2) is 6.61 Å². The molecule has 2 N–H and O–H groups in total. The molecule has 0 saturated heterocycles. The third-order valence-electron chi connectivity index (χ3n) is 5.03. The predicted molar refractivity (Wildman–Crippen MR) is 78.3 cm³/mol. The molecular formula is C17H25NO. The van der Waals surface area contributed by atoms with Crippen molar-refractivity contribution in [2.24, 2.45) is 17.6 Å². The maximum Gasteiger partial charge on any atom is 0.122 e. The molecule has 1 aromatic carbocycles. The van der Waals surface area contributed by atoms with Gasteiger partial charge in [0.05, 0.1) is 6.61 Å². The van der Waals surface area contributed by atoms with Crippen LogP contribution in [0, 0.1) is 11.8 Å². The molecule has 1 aliphatic heterocycles. The third-order valence-corrected chi connectivity index (χ3v) is 5.03. The van der Waals surface area contributed by atoms with Crippen LogP contribution in [0.2, 0.25) is 0 Å². The standard InChI is InChI=1S/C17H25NO/c1-12(2)14-4-3-8-17(18,11-14)15-5-6-16-13(10-15)7-9-19-16/h5-6,10,12,14H,3-4,7-9,11,18H2,1-2H3. The Hall–Kier alpha value is -1.02. The molecule has 1 fully saturated rings. The zero-order chi connectivity index (χ0) is 13.5. The smallest absolute Gasteiger partial charge is 0.122 e. The van der Waals surface area contributed by atoms with E-state index in [0.717, 1.165) is 43.5 Å². The van der Waals surface area contributed by atoms with Gasteiger partial charge in [-0.25, -0.2) is 0 Å². The van der Waals surface area contributed by atoms with Gasteiger partial charge < -0.3 is 10.5 Å². The van der Waals surface area contributed by atoms with Crippen LogP contribution >= 0.6 is 0 Å². The molecule has 2 aliphatic rings. The summed E-state index contributed by atoms with van der Waals surface area (Å²) >= 11 is 0. The van der Waals surface area contributed by atoms with Gasteiger partial charge in [0.2, 0.25) is 0 Å². The Morgan fingerprint density at radius 3 is 3.00 bits per heavy atom. The van der Waals surface area contributed by atoms with Crippen molar-refractivity contribution < 1.29 is 4.74 Å². The molecular weight excluding hydrogens is 234 g/mol. The number of hydrogen-bond acceptors (Lipinski definition) is 2. The number of rotatable bonds is 2. The highest BCUT2D eigenvalue weighted by Gasteiger charge is 2.35. The first-order chi connectivity index (χ1) is 9.08. The number of nitrogens with two attached hydrogens (primary N) is 1. The summed E-state index contributed by atoms with van der Waals surface area (Å²) in [6, 6.07) is 6.60. The van der Waals surface area contributed by atoms with Crippen molar-refractivity contribution in [2.75, 3.05) is 6.61 Å². The zero-order valence-electron chi connectivity index (χ0n) is 12.1. The highest BCUT2D eigenvalue weighted by Crippen LogP contribution is 2.42. The summed E-state index contributed by atoms with van der Waals surface area (Å²) < 4.78 is 5.59. The first kappa shape index (κ1) is 13.0. The molecule has 3 rings (SSSR count). The summed E-state index contributed by atoms with van der Waals surface area (Å²) in [5, 5.41) is 0. The zero-order valence-corrected chi connectivity index (χ0v) is 12.1. The fourth-order valence-electron chi connectivity index (χ4n) is 3.68. The first-order valence-electron chi connectivity index (χ1n) is 7.63. The van der Waals surface area contributed by atoms with Gasteiger partial charge in [0.15, 0.2) is 0 Å². The maximum atomic E-state index is 6.76. The molecule has 2 atom stereocenters. The van der Waals surface area contributed by atoms with Crippen LogP contribution in [-0.2, 0) is 12.0 Å². The summed E-state index contributed by atoms with van der Waals surface area (Å²) in [5.41, 5.74) is 9.30. The normalized spacial score (nSPS) is 30.2. The summed E-state index contributed by atoms with van der Waals surface area (Å²) in [6.07, 6.45) is 5.88. The molecule has 2 nitrogen and oxygen atoms in total. The number of fused-ring (bicyclic) bond motifs is 1. The van der Waals surface area contributed by atoms with E-state index in [1.54, 1.807) is 0 Å². The minimum atomic E-state index is -0.120. The van der Waals surface area contributed by atoms with Gasteiger partial charge in [-0.15, -0.1) is 0 Å². The lowest BCUT2D eigenvalue weighted by Crippen LogP contribution is -2.42. The van der Waals surface area contributed by atoms with Gasteiger partial charge in [0.25, 0.3) is 0 Å². The molecule has 0 radical (unpaired) electrons. The van der Waals surface area contributed by atoms with Crippen LogP contribution in [0.3, 0.4) is 0 Å². The van der Waals surface area contributed by atoms with E-state index in [9.17, 15) is 0 Å². The molecule has 1 heterocycles. The molecule has 1 aliphatic carbocycles. The Balaban J connectivity index is 1.87. The lowest BCUT2D eigenvalue weighted by Gasteiger charge is -2.40. The third kappa shape index (κ3) is 2.38. The second kappa shape index (κ2) is 4.82. The molecule has 1 aromatic rings. The fraction of sp³-hybridized carbons (Fsp3) is 0.647. The highest BCUT2D eigenvalue weighted by atomic mass is 16.5. The topological polar surface area (TPSA) is 35.2 Å². The van der Waals surface area contributed by atoms with E-state index in [4.69, 9.17) is 10.5 Å². The van der Waals surface area contributed by atoms with Crippen LogP contribution in [0.15, 0.2) is 18.2 Å². The fourth-order valence-corrected chi connectivity index (χ4v) is 3.68. The second-order valence-corrected chi connectivity index (χ2v) is 6.68. The second-order valence-electron chi connectivity index (χ2n) is 6.68. The van der Waals surface area contributed by atoms with E-state index < -0.39 is 0 Å². The minimum absolute atomic E-state index is 0.120. The van der Waals surface area contributed by atoms with Crippen LogP contribution in [0.1, 0.15) is 50.7 Å². The van der Waals surface area contributed by atoms with E-state index >= 15 is 0 Å². The molecule has 104 valence electrons. The summed E-state index contributed by atoms with van der Waals surface area (Å²) in [7, 11) is 0. The molecule has 0 aromatic heterocycles. The van der Waals surface area contributed by atoms with Crippen molar-refractivity contribution in [2.45, 2.75) is 51.5 Å². The molecule has 2 unspecified atom stereocenters. The van der Waals surface area contributed by atoms with Gasteiger partial charge in [-0.05, 0) is 41.9 Å². The Labute approximate surface area is 116 Å². The summed E-state index contributed by atoms with van der Waals surface area (Å²) in [5.74, 6) is 2.56. The Kier molecular flexibility index (Phi) is 3.30. The van der Waals surface area contributed by atoms with Crippen LogP contribution in [0.25, 0.3) is 0 Å². The van der Waals surface area contributed by atoms with Crippen LogP contribution in [0.5, 0.6) is 5.75 Å². The van der Waals surface area contributed by atoms with Gasteiger partial charge in [0, 0.05) is 12.0 Å². The van der Waals surface area contributed by atoms with Crippen molar-refractivity contribution >= 4 is 0 Å². The Morgan fingerprint density at radius 1 is 1.37 bits per heavy atom. The van der Waals surface area contributed by atoms with Crippen molar-refractivity contribution in [1.82, 2.24) is 0 Å². The minimum Gasteiger partial charge on any atom is -0.493 e. The molecule has 0 bridgehead atoms. The lowest BCUT2D eigenvalue weighted by atomic mass is 9.69. The molecule has 0 amide bonds. The van der Waals surface area contributed by atoms with Gasteiger partial charge in [-0.3, -0.25) is 0 Å². The largest absolute Gasteiger partial charge is 0.493 e. The molecule has 1 saturated carbocycles. The van der Waals surface area contributed by atoms with Gasteiger partial charge in [-0.1, -0.05) is 38.8 Å². The van der Waals surface area contributed by atoms with E-state index in [1.807, 2.05) is 0 Å². The number of ether oxygens (including phenoxy) is 1. The lowest BCUT2D eigenvalue weighted by molar-refractivity contribution is 0.184. The van der Waals surface area contributed by atoms with Crippen molar-refractivity contribution in [1.29, 1.82) is 0 Å².